The van der Waals surface area contributed by atoms with Gasteiger partial charge in [0.25, 0.3) is 5.91 Å². The van der Waals surface area contributed by atoms with Crippen molar-refractivity contribution in [1.29, 1.82) is 5.26 Å². The van der Waals surface area contributed by atoms with E-state index in [0.29, 0.717) is 5.76 Å². The van der Waals surface area contributed by atoms with E-state index >= 15 is 0 Å². The van der Waals surface area contributed by atoms with Gasteiger partial charge < -0.3 is 14.3 Å². The van der Waals surface area contributed by atoms with Gasteiger partial charge in [0.1, 0.15) is 17.4 Å². The minimum absolute atomic E-state index is 0.0393. The molecule has 3 aromatic rings. The minimum atomic E-state index is -0.435. The smallest absolute Gasteiger partial charge is 0.262 e. The zero-order valence-corrected chi connectivity index (χ0v) is 12.8. The summed E-state index contributed by atoms with van der Waals surface area (Å²) in [6.07, 6.45) is 5.00. The molecule has 5 heteroatoms. The normalized spacial score (nSPS) is 11.0. The maximum absolute atomic E-state index is 12.2. The Morgan fingerprint density at radius 1 is 1.17 bits per heavy atom. The van der Waals surface area contributed by atoms with Crippen LogP contribution in [0.4, 0.5) is 0 Å². The van der Waals surface area contributed by atoms with Crippen molar-refractivity contribution in [3.8, 4) is 11.8 Å². The third-order valence-electron chi connectivity index (χ3n) is 3.48. The molecule has 0 atom stereocenters. The van der Waals surface area contributed by atoms with Crippen LogP contribution in [-0.2, 0) is 11.3 Å². The lowest BCUT2D eigenvalue weighted by Crippen LogP contribution is -2.23. The predicted octanol–water partition coefficient (Wildman–Crippen LogP) is 3.29. The van der Waals surface area contributed by atoms with Crippen molar-refractivity contribution in [3.63, 3.8) is 0 Å². The molecule has 2 aromatic heterocycles. The topological polar surface area (TPSA) is 71.0 Å². The fraction of sp³-hybridized carbons (Fsp3) is 0.0526. The highest BCUT2D eigenvalue weighted by molar-refractivity contribution is 6.01. The highest BCUT2D eigenvalue weighted by atomic mass is 16.3. The van der Waals surface area contributed by atoms with Crippen molar-refractivity contribution >= 4 is 12.0 Å². The van der Waals surface area contributed by atoms with Gasteiger partial charge in [0.2, 0.25) is 0 Å². The fourth-order valence-electron chi connectivity index (χ4n) is 2.31. The van der Waals surface area contributed by atoms with E-state index in [2.05, 4.69) is 5.32 Å². The maximum atomic E-state index is 12.2. The first kappa shape index (κ1) is 15.4. The Labute approximate surface area is 139 Å². The molecule has 0 spiro atoms. The Kier molecular flexibility index (Phi) is 4.59. The quantitative estimate of drug-likeness (QED) is 0.580. The van der Waals surface area contributed by atoms with Gasteiger partial charge in [-0.3, -0.25) is 4.79 Å². The van der Waals surface area contributed by atoms with Gasteiger partial charge >= 0.3 is 0 Å². The number of nitrogens with zero attached hydrogens (tertiary/aromatic N) is 2. The molecule has 0 bridgehead atoms. The Morgan fingerprint density at radius 3 is 2.71 bits per heavy atom. The summed E-state index contributed by atoms with van der Waals surface area (Å²) in [6.45, 7) is 0.241. The first-order chi connectivity index (χ1) is 11.8. The van der Waals surface area contributed by atoms with Gasteiger partial charge in [0, 0.05) is 17.6 Å². The van der Waals surface area contributed by atoms with Crippen LogP contribution in [0.3, 0.4) is 0 Å². The lowest BCUT2D eigenvalue weighted by atomic mass is 10.2. The number of hydrogen-bond acceptors (Lipinski definition) is 3. The third-order valence-corrected chi connectivity index (χ3v) is 3.48. The Bertz CT molecular complexity index is 884. The highest BCUT2D eigenvalue weighted by Gasteiger charge is 2.11. The molecule has 0 unspecified atom stereocenters. The summed E-state index contributed by atoms with van der Waals surface area (Å²) in [5, 5.41) is 12.0. The SMILES string of the molecule is N#CC(=Cc1cccn1-c1ccccc1)C(=O)NCc1ccco1. The summed E-state index contributed by atoms with van der Waals surface area (Å²) in [4.78, 5) is 12.2. The molecule has 1 N–H and O–H groups in total. The summed E-state index contributed by atoms with van der Waals surface area (Å²) < 4.78 is 7.07. The molecule has 0 radical (unpaired) electrons. The number of para-hydroxylation sites is 1. The van der Waals surface area contributed by atoms with Crippen LogP contribution in [0.15, 0.2) is 77.0 Å². The number of rotatable bonds is 5. The van der Waals surface area contributed by atoms with Crippen molar-refractivity contribution in [3.05, 3.63) is 84.1 Å². The summed E-state index contributed by atoms with van der Waals surface area (Å²) in [6, 6.07) is 18.9. The zero-order chi connectivity index (χ0) is 16.8. The van der Waals surface area contributed by atoms with Crippen LogP contribution in [0.5, 0.6) is 0 Å². The van der Waals surface area contributed by atoms with Crippen LogP contribution < -0.4 is 5.32 Å². The number of benzene rings is 1. The zero-order valence-electron chi connectivity index (χ0n) is 12.8. The van der Waals surface area contributed by atoms with Crippen molar-refractivity contribution in [2.75, 3.05) is 0 Å². The second-order valence-electron chi connectivity index (χ2n) is 5.07. The fourth-order valence-corrected chi connectivity index (χ4v) is 2.31. The summed E-state index contributed by atoms with van der Waals surface area (Å²) in [7, 11) is 0. The van der Waals surface area contributed by atoms with Gasteiger partial charge in [0.05, 0.1) is 12.8 Å². The van der Waals surface area contributed by atoms with E-state index in [-0.39, 0.29) is 12.1 Å². The number of nitriles is 1. The van der Waals surface area contributed by atoms with Crippen LogP contribution in [0, 0.1) is 11.3 Å². The van der Waals surface area contributed by atoms with E-state index in [1.54, 1.807) is 18.2 Å². The van der Waals surface area contributed by atoms with Gasteiger partial charge in [-0.25, -0.2) is 0 Å². The molecule has 0 aliphatic heterocycles. The molecule has 5 nitrogen and oxygen atoms in total. The number of carbonyl (C=O) groups is 1. The molecule has 0 fully saturated rings. The molecule has 2 heterocycles. The lowest BCUT2D eigenvalue weighted by molar-refractivity contribution is -0.117. The van der Waals surface area contributed by atoms with E-state index in [0.717, 1.165) is 11.4 Å². The minimum Gasteiger partial charge on any atom is -0.467 e. The van der Waals surface area contributed by atoms with Crippen LogP contribution in [-0.4, -0.2) is 10.5 Å². The van der Waals surface area contributed by atoms with Gasteiger partial charge in [0.15, 0.2) is 0 Å². The summed E-state index contributed by atoms with van der Waals surface area (Å²) >= 11 is 0. The number of nitrogens with one attached hydrogen (secondary N) is 1. The number of furan rings is 1. The van der Waals surface area contributed by atoms with E-state index in [1.807, 2.05) is 59.3 Å². The summed E-state index contributed by atoms with van der Waals surface area (Å²) in [5.74, 6) is 0.197. The lowest BCUT2D eigenvalue weighted by Gasteiger charge is -2.07. The van der Waals surface area contributed by atoms with Gasteiger partial charge in [-0.1, -0.05) is 18.2 Å². The second kappa shape index (κ2) is 7.16. The first-order valence-corrected chi connectivity index (χ1v) is 7.43. The molecule has 24 heavy (non-hydrogen) atoms. The van der Waals surface area contributed by atoms with Crippen molar-refractivity contribution in [1.82, 2.24) is 9.88 Å². The average molecular weight is 317 g/mol. The number of hydrogen-bond donors (Lipinski definition) is 1. The van der Waals surface area contributed by atoms with Crippen LogP contribution in [0.2, 0.25) is 0 Å². The molecule has 1 amide bonds. The number of amides is 1. The van der Waals surface area contributed by atoms with E-state index in [1.165, 1.54) is 6.26 Å². The van der Waals surface area contributed by atoms with Gasteiger partial charge in [-0.15, -0.1) is 0 Å². The molecular formula is C19H15N3O2. The molecular weight excluding hydrogens is 302 g/mol. The highest BCUT2D eigenvalue weighted by Crippen LogP contribution is 2.15. The van der Waals surface area contributed by atoms with Crippen LogP contribution in [0.25, 0.3) is 11.8 Å². The standard InChI is InChI=1S/C19H15N3O2/c20-13-15(19(23)21-14-18-9-5-11-24-18)12-17-8-4-10-22(17)16-6-2-1-3-7-16/h1-12H,14H2,(H,21,23). The second-order valence-corrected chi connectivity index (χ2v) is 5.07. The molecule has 3 rings (SSSR count). The number of aromatic nitrogens is 1. The van der Waals surface area contributed by atoms with E-state index in [9.17, 15) is 10.1 Å². The molecule has 0 aliphatic rings. The van der Waals surface area contributed by atoms with Gasteiger partial charge in [-0.2, -0.15) is 5.26 Å². The Morgan fingerprint density at radius 2 is 2.00 bits per heavy atom. The third kappa shape index (κ3) is 3.45. The molecule has 0 saturated heterocycles. The van der Waals surface area contributed by atoms with Crippen LogP contribution >= 0.6 is 0 Å². The molecule has 1 aromatic carbocycles. The van der Waals surface area contributed by atoms with Crippen LogP contribution in [0.1, 0.15) is 11.5 Å². The van der Waals surface area contributed by atoms with Crippen molar-refractivity contribution < 1.29 is 9.21 Å². The monoisotopic (exact) mass is 317 g/mol. The van der Waals surface area contributed by atoms with E-state index in [4.69, 9.17) is 4.42 Å². The van der Waals surface area contributed by atoms with Crippen molar-refractivity contribution in [2.45, 2.75) is 6.54 Å². The maximum Gasteiger partial charge on any atom is 0.262 e. The largest absolute Gasteiger partial charge is 0.467 e. The molecule has 118 valence electrons. The van der Waals surface area contributed by atoms with E-state index < -0.39 is 5.91 Å². The first-order valence-electron chi connectivity index (χ1n) is 7.43. The van der Waals surface area contributed by atoms with Gasteiger partial charge in [-0.05, 0) is 42.5 Å². The summed E-state index contributed by atoms with van der Waals surface area (Å²) in [5.41, 5.74) is 1.75. The number of carbonyl (C=O) groups excluding carboxylic acids is 1. The predicted molar refractivity (Wildman–Crippen MR) is 89.9 cm³/mol. The molecule has 0 aliphatic carbocycles. The van der Waals surface area contributed by atoms with Crippen molar-refractivity contribution in [2.24, 2.45) is 0 Å². The Hall–Kier alpha value is -3.52. The molecule has 0 saturated carbocycles. The average Bonchev–Trinajstić information content (AvgIpc) is 3.30. The Balaban J connectivity index is 1.80.